The molecule has 0 aliphatic rings. The Kier molecular flexibility index (Phi) is 4.17. The molecule has 0 fully saturated rings. The number of carbonyl (C=O) groups excluding carboxylic acids is 1. The van der Waals surface area contributed by atoms with Gasteiger partial charge in [0, 0.05) is 12.6 Å². The molecule has 0 heterocycles. The van der Waals surface area contributed by atoms with Crippen molar-refractivity contribution < 1.29 is 24.2 Å². The summed E-state index contributed by atoms with van der Waals surface area (Å²) >= 11 is 0. The van der Waals surface area contributed by atoms with Crippen LogP contribution in [0.5, 0.6) is 17.2 Å². The van der Waals surface area contributed by atoms with Crippen LogP contribution in [0.15, 0.2) is 12.1 Å². The van der Waals surface area contributed by atoms with Crippen LogP contribution < -0.4 is 14.2 Å². The number of hydrogen-bond donors (Lipinski definition) is 1. The van der Waals surface area contributed by atoms with Gasteiger partial charge in [0.05, 0.1) is 21.3 Å². The summed E-state index contributed by atoms with van der Waals surface area (Å²) in [4.78, 5) is 11.6. The monoisotopic (exact) mass is 241 g/mol. The van der Waals surface area contributed by atoms with Gasteiger partial charge >= 0.3 is 0 Å². The number of nitrogens with zero attached hydrogens (tertiary/aromatic N) is 1. The van der Waals surface area contributed by atoms with Gasteiger partial charge in [-0.25, -0.2) is 5.06 Å². The molecule has 6 nitrogen and oxygen atoms in total. The lowest BCUT2D eigenvalue weighted by molar-refractivity contribution is -0.0375. The first-order valence-electron chi connectivity index (χ1n) is 4.82. The van der Waals surface area contributed by atoms with Crippen LogP contribution in [0.2, 0.25) is 0 Å². The molecule has 1 aromatic rings. The van der Waals surface area contributed by atoms with Gasteiger partial charge in [-0.15, -0.1) is 0 Å². The van der Waals surface area contributed by atoms with E-state index in [9.17, 15) is 4.79 Å². The molecule has 1 N–H and O–H groups in total. The predicted molar refractivity (Wildman–Crippen MR) is 60.0 cm³/mol. The molecule has 1 amide bonds. The molecule has 0 aliphatic heterocycles. The second-order valence-electron chi connectivity index (χ2n) is 3.24. The Morgan fingerprint density at radius 3 is 1.88 bits per heavy atom. The van der Waals surface area contributed by atoms with E-state index in [2.05, 4.69) is 0 Å². The quantitative estimate of drug-likeness (QED) is 0.633. The number of amides is 1. The van der Waals surface area contributed by atoms with Gasteiger partial charge in [-0.05, 0) is 12.1 Å². The highest BCUT2D eigenvalue weighted by Crippen LogP contribution is 2.38. The third-order valence-electron chi connectivity index (χ3n) is 2.21. The Morgan fingerprint density at radius 2 is 1.59 bits per heavy atom. The molecule has 0 bridgehead atoms. The predicted octanol–water partition coefficient (Wildman–Crippen LogP) is 1.17. The molecule has 1 rings (SSSR count). The van der Waals surface area contributed by atoms with Crippen molar-refractivity contribution in [3.05, 3.63) is 17.7 Å². The van der Waals surface area contributed by atoms with E-state index in [-0.39, 0.29) is 5.56 Å². The molecule has 6 heteroatoms. The molecule has 0 saturated carbocycles. The van der Waals surface area contributed by atoms with E-state index in [4.69, 9.17) is 19.4 Å². The SMILES string of the molecule is COc1cc(C(=O)N(C)O)cc(OC)c1OC. The minimum absolute atomic E-state index is 0.240. The summed E-state index contributed by atoms with van der Waals surface area (Å²) in [7, 11) is 5.62. The van der Waals surface area contributed by atoms with Gasteiger partial charge < -0.3 is 14.2 Å². The first-order valence-corrected chi connectivity index (χ1v) is 4.82. The van der Waals surface area contributed by atoms with Gasteiger partial charge in [0.2, 0.25) is 5.75 Å². The van der Waals surface area contributed by atoms with E-state index < -0.39 is 5.91 Å². The normalized spacial score (nSPS) is 9.71. The van der Waals surface area contributed by atoms with Gasteiger partial charge in [0.1, 0.15) is 0 Å². The van der Waals surface area contributed by atoms with Crippen LogP contribution in [0, 0.1) is 0 Å². The number of rotatable bonds is 4. The van der Waals surface area contributed by atoms with Gasteiger partial charge in [-0.3, -0.25) is 10.0 Å². The maximum atomic E-state index is 11.6. The van der Waals surface area contributed by atoms with Crippen LogP contribution in [0.1, 0.15) is 10.4 Å². The molecule has 0 spiro atoms. The van der Waals surface area contributed by atoms with E-state index in [1.807, 2.05) is 0 Å². The lowest BCUT2D eigenvalue weighted by Crippen LogP contribution is -2.22. The molecule has 17 heavy (non-hydrogen) atoms. The molecule has 0 radical (unpaired) electrons. The van der Waals surface area contributed by atoms with E-state index in [1.165, 1.54) is 40.5 Å². The third-order valence-corrected chi connectivity index (χ3v) is 2.21. The number of ether oxygens (including phenoxy) is 3. The molecule has 94 valence electrons. The molecular formula is C11H15NO5. The van der Waals surface area contributed by atoms with Crippen molar-refractivity contribution in [3.63, 3.8) is 0 Å². The van der Waals surface area contributed by atoms with E-state index >= 15 is 0 Å². The minimum Gasteiger partial charge on any atom is -0.493 e. The summed E-state index contributed by atoms with van der Waals surface area (Å²) in [5.74, 6) is 0.547. The van der Waals surface area contributed by atoms with Crippen molar-refractivity contribution in [2.75, 3.05) is 28.4 Å². The summed E-state index contributed by atoms with van der Waals surface area (Å²) in [5.41, 5.74) is 0.240. The van der Waals surface area contributed by atoms with Crippen molar-refractivity contribution in [2.24, 2.45) is 0 Å². The fourth-order valence-electron chi connectivity index (χ4n) is 1.39. The van der Waals surface area contributed by atoms with E-state index in [1.54, 1.807) is 0 Å². The van der Waals surface area contributed by atoms with Crippen LogP contribution in [-0.4, -0.2) is 44.6 Å². The fraction of sp³-hybridized carbons (Fsp3) is 0.364. The van der Waals surface area contributed by atoms with Crippen molar-refractivity contribution in [3.8, 4) is 17.2 Å². The molecule has 0 aromatic heterocycles. The first kappa shape index (κ1) is 13.1. The second kappa shape index (κ2) is 5.40. The van der Waals surface area contributed by atoms with Crippen LogP contribution in [-0.2, 0) is 0 Å². The van der Waals surface area contributed by atoms with Crippen molar-refractivity contribution in [2.45, 2.75) is 0 Å². The summed E-state index contributed by atoms with van der Waals surface area (Å²) in [6.07, 6.45) is 0. The summed E-state index contributed by atoms with van der Waals surface area (Å²) in [6, 6.07) is 2.94. The number of carbonyl (C=O) groups is 1. The smallest absolute Gasteiger partial charge is 0.277 e. The van der Waals surface area contributed by atoms with E-state index in [0.29, 0.717) is 22.3 Å². The largest absolute Gasteiger partial charge is 0.493 e. The Bertz CT molecular complexity index is 391. The number of hydroxylamine groups is 2. The van der Waals surface area contributed by atoms with Crippen LogP contribution in [0.4, 0.5) is 0 Å². The standard InChI is InChI=1S/C11H15NO5/c1-12(14)11(13)7-5-8(15-2)10(17-4)9(6-7)16-3/h5-6,14H,1-4H3. The van der Waals surface area contributed by atoms with Crippen LogP contribution >= 0.6 is 0 Å². The highest BCUT2D eigenvalue weighted by Gasteiger charge is 2.18. The van der Waals surface area contributed by atoms with Gasteiger partial charge in [-0.1, -0.05) is 0 Å². The van der Waals surface area contributed by atoms with Gasteiger partial charge in [0.25, 0.3) is 5.91 Å². The maximum absolute atomic E-state index is 11.6. The average Bonchev–Trinajstić information content (AvgIpc) is 2.35. The van der Waals surface area contributed by atoms with Gasteiger partial charge in [-0.2, -0.15) is 0 Å². The lowest BCUT2D eigenvalue weighted by Gasteiger charge is -2.15. The summed E-state index contributed by atoms with van der Waals surface area (Å²) in [6.45, 7) is 0. The number of methoxy groups -OCH3 is 3. The van der Waals surface area contributed by atoms with Gasteiger partial charge in [0.15, 0.2) is 11.5 Å². The number of benzene rings is 1. The Morgan fingerprint density at radius 1 is 1.12 bits per heavy atom. The molecule has 0 atom stereocenters. The zero-order valence-corrected chi connectivity index (χ0v) is 10.2. The minimum atomic E-state index is -0.566. The van der Waals surface area contributed by atoms with E-state index in [0.717, 1.165) is 0 Å². The highest BCUT2D eigenvalue weighted by molar-refractivity contribution is 5.94. The summed E-state index contributed by atoms with van der Waals surface area (Å²) in [5, 5.41) is 9.59. The Labute approximate surface area is 99.3 Å². The second-order valence-corrected chi connectivity index (χ2v) is 3.24. The fourth-order valence-corrected chi connectivity index (χ4v) is 1.39. The number of hydrogen-bond acceptors (Lipinski definition) is 5. The van der Waals surface area contributed by atoms with Crippen molar-refractivity contribution in [1.29, 1.82) is 0 Å². The van der Waals surface area contributed by atoms with Crippen LogP contribution in [0.3, 0.4) is 0 Å². The molecular weight excluding hydrogens is 226 g/mol. The maximum Gasteiger partial charge on any atom is 0.277 e. The molecule has 0 aliphatic carbocycles. The molecule has 0 unspecified atom stereocenters. The zero-order chi connectivity index (χ0) is 13.0. The first-order chi connectivity index (χ1) is 8.04. The Hall–Kier alpha value is -1.95. The zero-order valence-electron chi connectivity index (χ0n) is 10.2. The molecule has 0 saturated heterocycles. The highest BCUT2D eigenvalue weighted by atomic mass is 16.5. The summed E-state index contributed by atoms with van der Waals surface area (Å²) < 4.78 is 15.3. The van der Waals surface area contributed by atoms with Crippen LogP contribution in [0.25, 0.3) is 0 Å². The average molecular weight is 241 g/mol. The lowest BCUT2D eigenvalue weighted by atomic mass is 10.1. The Balaban J connectivity index is 3.32. The topological polar surface area (TPSA) is 68.2 Å². The molecule has 1 aromatic carbocycles. The van der Waals surface area contributed by atoms with Crippen molar-refractivity contribution >= 4 is 5.91 Å². The van der Waals surface area contributed by atoms with Crippen molar-refractivity contribution in [1.82, 2.24) is 5.06 Å². The third kappa shape index (κ3) is 2.59.